The van der Waals surface area contributed by atoms with Gasteiger partial charge in [0.25, 0.3) is 0 Å². The van der Waals surface area contributed by atoms with Crippen molar-refractivity contribution in [3.63, 3.8) is 0 Å². The number of nitrogens with zero attached hydrogens (tertiary/aromatic N) is 3. The Morgan fingerprint density at radius 2 is 2.17 bits per heavy atom. The molecule has 0 fully saturated rings. The third-order valence-electron chi connectivity index (χ3n) is 4.09. The van der Waals surface area contributed by atoms with Crippen LogP contribution in [0.2, 0.25) is 0 Å². The Bertz CT molecular complexity index is 531. The fourth-order valence-corrected chi connectivity index (χ4v) is 3.03. The van der Waals surface area contributed by atoms with E-state index < -0.39 is 18.0 Å². The maximum atomic E-state index is 12.7. The summed E-state index contributed by atoms with van der Waals surface area (Å²) >= 11 is 0. The summed E-state index contributed by atoms with van der Waals surface area (Å²) < 4.78 is 45.2. The smallest absolute Gasteiger partial charge is 0.389 e. The molecule has 0 spiro atoms. The van der Waals surface area contributed by atoms with Crippen molar-refractivity contribution >= 4 is 0 Å². The van der Waals surface area contributed by atoms with Crippen LogP contribution in [0.1, 0.15) is 31.8 Å². The number of halogens is 3. The summed E-state index contributed by atoms with van der Waals surface area (Å²) in [7, 11) is 1.91. The van der Waals surface area contributed by atoms with Crippen molar-refractivity contribution in [2.75, 3.05) is 26.7 Å². The third kappa shape index (κ3) is 5.46. The van der Waals surface area contributed by atoms with Crippen molar-refractivity contribution < 1.29 is 23.0 Å². The van der Waals surface area contributed by atoms with E-state index in [2.05, 4.69) is 4.98 Å². The zero-order valence-electron chi connectivity index (χ0n) is 14.4. The standard InChI is InChI=1S/C16H26F3N3O2/c1-11(2)24-10-13(23)8-21(3)6-12-4-5-15-20-14(16(17,18)19)9-22(15)7-12/h9,11-13,23H,4-8,10H2,1-3H3/t12-,13-/m1/s1. The molecule has 0 radical (unpaired) electrons. The van der Waals surface area contributed by atoms with Crippen molar-refractivity contribution in [3.8, 4) is 0 Å². The molecule has 5 nitrogen and oxygen atoms in total. The van der Waals surface area contributed by atoms with Gasteiger partial charge < -0.3 is 19.3 Å². The summed E-state index contributed by atoms with van der Waals surface area (Å²) in [6.45, 7) is 5.84. The first kappa shape index (κ1) is 19.2. The van der Waals surface area contributed by atoms with Crippen LogP contribution >= 0.6 is 0 Å². The number of hydrogen-bond acceptors (Lipinski definition) is 4. The Balaban J connectivity index is 1.83. The molecule has 1 aromatic heterocycles. The van der Waals surface area contributed by atoms with Gasteiger partial charge in [-0.3, -0.25) is 0 Å². The van der Waals surface area contributed by atoms with Gasteiger partial charge in [-0.25, -0.2) is 4.98 Å². The number of rotatable bonds is 7. The molecule has 0 aromatic carbocycles. The maximum absolute atomic E-state index is 12.7. The van der Waals surface area contributed by atoms with E-state index >= 15 is 0 Å². The Morgan fingerprint density at radius 3 is 2.79 bits per heavy atom. The van der Waals surface area contributed by atoms with Crippen LogP contribution in [0.3, 0.4) is 0 Å². The number of aromatic nitrogens is 2. The molecule has 1 aliphatic rings. The first-order valence-electron chi connectivity index (χ1n) is 8.26. The second-order valence-electron chi connectivity index (χ2n) is 6.85. The molecule has 0 saturated carbocycles. The predicted molar refractivity (Wildman–Crippen MR) is 83.6 cm³/mol. The molecule has 0 bridgehead atoms. The minimum absolute atomic E-state index is 0.0748. The molecule has 2 rings (SSSR count). The minimum atomic E-state index is -4.39. The number of aryl methyl sites for hydroxylation is 1. The van der Waals surface area contributed by atoms with Crippen molar-refractivity contribution in [2.45, 2.75) is 51.6 Å². The highest BCUT2D eigenvalue weighted by molar-refractivity contribution is 5.09. The quantitative estimate of drug-likeness (QED) is 0.820. The molecule has 0 amide bonds. The molecule has 8 heteroatoms. The Kier molecular flexibility index (Phi) is 6.28. The monoisotopic (exact) mass is 349 g/mol. The van der Waals surface area contributed by atoms with E-state index in [-0.39, 0.29) is 18.6 Å². The van der Waals surface area contributed by atoms with Crippen molar-refractivity contribution in [1.82, 2.24) is 14.5 Å². The van der Waals surface area contributed by atoms with E-state index in [4.69, 9.17) is 4.74 Å². The van der Waals surface area contributed by atoms with Crippen molar-refractivity contribution in [1.29, 1.82) is 0 Å². The lowest BCUT2D eigenvalue weighted by Gasteiger charge is -2.29. The highest BCUT2D eigenvalue weighted by Crippen LogP contribution is 2.30. The van der Waals surface area contributed by atoms with E-state index in [1.807, 2.05) is 25.8 Å². The molecule has 0 unspecified atom stereocenters. The fraction of sp³-hybridized carbons (Fsp3) is 0.812. The highest BCUT2D eigenvalue weighted by Gasteiger charge is 2.35. The number of alkyl halides is 3. The number of fused-ring (bicyclic) bond motifs is 1. The number of imidazole rings is 1. The van der Waals surface area contributed by atoms with E-state index in [0.717, 1.165) is 19.2 Å². The largest absolute Gasteiger partial charge is 0.434 e. The van der Waals surface area contributed by atoms with Crippen LogP contribution in [0.15, 0.2) is 6.20 Å². The van der Waals surface area contributed by atoms with E-state index in [0.29, 0.717) is 25.3 Å². The van der Waals surface area contributed by atoms with Gasteiger partial charge in [-0.2, -0.15) is 13.2 Å². The van der Waals surface area contributed by atoms with Crippen LogP contribution in [0.5, 0.6) is 0 Å². The summed E-state index contributed by atoms with van der Waals surface area (Å²) in [5.74, 6) is 0.752. The summed E-state index contributed by atoms with van der Waals surface area (Å²) in [6.07, 6.45) is -2.43. The van der Waals surface area contributed by atoms with Crippen molar-refractivity contribution in [2.24, 2.45) is 5.92 Å². The number of aliphatic hydroxyl groups is 1. The van der Waals surface area contributed by atoms with E-state index in [1.54, 1.807) is 4.57 Å². The average molecular weight is 349 g/mol. The van der Waals surface area contributed by atoms with Gasteiger partial charge in [-0.15, -0.1) is 0 Å². The molecular weight excluding hydrogens is 323 g/mol. The van der Waals surface area contributed by atoms with Crippen LogP contribution < -0.4 is 0 Å². The SMILES string of the molecule is CC(C)OC[C@H](O)CN(C)C[C@H]1CCc2nc(C(F)(F)F)cn2C1. The molecule has 2 atom stereocenters. The molecule has 24 heavy (non-hydrogen) atoms. The Morgan fingerprint density at radius 1 is 1.46 bits per heavy atom. The predicted octanol–water partition coefficient (Wildman–Crippen LogP) is 2.18. The number of ether oxygens (including phenoxy) is 1. The van der Waals surface area contributed by atoms with Gasteiger partial charge in [0.15, 0.2) is 5.69 Å². The van der Waals surface area contributed by atoms with Gasteiger partial charge in [0.1, 0.15) is 5.82 Å². The topological polar surface area (TPSA) is 50.5 Å². The van der Waals surface area contributed by atoms with Crippen LogP contribution in [-0.2, 0) is 23.9 Å². The molecular formula is C16H26F3N3O2. The van der Waals surface area contributed by atoms with Gasteiger partial charge in [0.05, 0.1) is 18.8 Å². The van der Waals surface area contributed by atoms with Gasteiger partial charge in [-0.05, 0) is 33.2 Å². The lowest BCUT2D eigenvalue weighted by Crippen LogP contribution is -2.37. The third-order valence-corrected chi connectivity index (χ3v) is 4.09. The van der Waals surface area contributed by atoms with Crippen LogP contribution in [0, 0.1) is 5.92 Å². The van der Waals surface area contributed by atoms with E-state index in [1.165, 1.54) is 0 Å². The Labute approximate surface area is 140 Å². The number of aliphatic hydroxyl groups excluding tert-OH is 1. The summed E-state index contributed by atoms with van der Waals surface area (Å²) in [4.78, 5) is 5.70. The molecule has 2 heterocycles. The maximum Gasteiger partial charge on any atom is 0.434 e. The van der Waals surface area contributed by atoms with Crippen LogP contribution in [-0.4, -0.2) is 58.5 Å². The average Bonchev–Trinajstić information content (AvgIpc) is 2.88. The van der Waals surface area contributed by atoms with Gasteiger partial charge in [-0.1, -0.05) is 0 Å². The highest BCUT2D eigenvalue weighted by atomic mass is 19.4. The minimum Gasteiger partial charge on any atom is -0.389 e. The van der Waals surface area contributed by atoms with Crippen molar-refractivity contribution in [3.05, 3.63) is 17.7 Å². The van der Waals surface area contributed by atoms with Gasteiger partial charge in [0.2, 0.25) is 0 Å². The second-order valence-corrected chi connectivity index (χ2v) is 6.85. The first-order chi connectivity index (χ1) is 11.1. The first-order valence-corrected chi connectivity index (χ1v) is 8.26. The van der Waals surface area contributed by atoms with Crippen LogP contribution in [0.4, 0.5) is 13.2 Å². The van der Waals surface area contributed by atoms with Gasteiger partial charge >= 0.3 is 6.18 Å². The molecule has 1 N–H and O–H groups in total. The van der Waals surface area contributed by atoms with E-state index in [9.17, 15) is 18.3 Å². The molecule has 0 aliphatic carbocycles. The number of hydrogen-bond donors (Lipinski definition) is 1. The zero-order chi connectivity index (χ0) is 17.9. The fourth-order valence-electron chi connectivity index (χ4n) is 3.03. The molecule has 1 aliphatic heterocycles. The molecule has 0 saturated heterocycles. The Hall–Kier alpha value is -1.12. The number of likely N-dealkylation sites (N-methyl/N-ethyl adjacent to an activating group) is 1. The van der Waals surface area contributed by atoms with Crippen LogP contribution in [0.25, 0.3) is 0 Å². The summed E-state index contributed by atoms with van der Waals surface area (Å²) in [5, 5.41) is 9.94. The zero-order valence-corrected chi connectivity index (χ0v) is 14.4. The lowest BCUT2D eigenvalue weighted by molar-refractivity contribution is -0.141. The summed E-state index contributed by atoms with van der Waals surface area (Å²) in [6, 6.07) is 0. The molecule has 138 valence electrons. The summed E-state index contributed by atoms with van der Waals surface area (Å²) in [5.41, 5.74) is -0.812. The lowest BCUT2D eigenvalue weighted by atomic mass is 9.99. The normalized spacial score (nSPS) is 19.8. The second kappa shape index (κ2) is 7.84. The van der Waals surface area contributed by atoms with Gasteiger partial charge in [0, 0.05) is 32.3 Å². The molecule has 1 aromatic rings.